The molecular weight excluding hydrogens is 332 g/mol. The van der Waals surface area contributed by atoms with E-state index in [2.05, 4.69) is 5.32 Å². The number of nitrogens with one attached hydrogen (secondary N) is 1. The normalized spacial score (nSPS) is 24.4. The Morgan fingerprint density at radius 3 is 2.50 bits per heavy atom. The monoisotopic (exact) mass is 352 g/mol. The summed E-state index contributed by atoms with van der Waals surface area (Å²) in [7, 11) is -3.31. The first-order valence-electron chi connectivity index (χ1n) is 7.68. The largest absolute Gasteiger partial charge is 0.481 e. The average molecular weight is 352 g/mol. The highest BCUT2D eigenvalue weighted by Crippen LogP contribution is 2.58. The number of carbonyl (C=O) groups excluding carboxylic acids is 1. The molecule has 8 heteroatoms. The lowest BCUT2D eigenvalue weighted by Gasteiger charge is -2.16. The van der Waals surface area contributed by atoms with Crippen LogP contribution >= 0.6 is 0 Å². The molecule has 2 aliphatic rings. The van der Waals surface area contributed by atoms with E-state index in [4.69, 9.17) is 5.11 Å². The number of hydrogen-bond donors (Lipinski definition) is 2. The van der Waals surface area contributed by atoms with Crippen LogP contribution in [0.3, 0.4) is 0 Å². The molecule has 24 heavy (non-hydrogen) atoms. The van der Waals surface area contributed by atoms with Crippen LogP contribution in [0.25, 0.3) is 0 Å². The molecule has 1 fully saturated rings. The predicted molar refractivity (Wildman–Crippen MR) is 89.4 cm³/mol. The quantitative estimate of drug-likeness (QED) is 0.850. The van der Waals surface area contributed by atoms with Crippen LogP contribution in [0.5, 0.6) is 0 Å². The standard InChI is InChI=1S/C16H20N2O5S/c1-16(2)12(13(16)15(20)21)14(19)17-10-4-5-11-9(8-10)6-7-18(11)24(3,22)23/h4-5,8,12-13H,6-7H2,1-3H3,(H,17,19)(H,20,21)/t12-,13+/m0/s1. The van der Waals surface area contributed by atoms with Crippen molar-refractivity contribution in [1.29, 1.82) is 0 Å². The van der Waals surface area contributed by atoms with Gasteiger partial charge in [-0.1, -0.05) is 13.8 Å². The van der Waals surface area contributed by atoms with Crippen molar-refractivity contribution < 1.29 is 23.1 Å². The van der Waals surface area contributed by atoms with E-state index in [-0.39, 0.29) is 5.91 Å². The second kappa shape index (κ2) is 5.20. The van der Waals surface area contributed by atoms with Crippen LogP contribution in [0.1, 0.15) is 19.4 Å². The lowest BCUT2D eigenvalue weighted by molar-refractivity contribution is -0.140. The number of nitrogens with zero attached hydrogens (tertiary/aromatic N) is 1. The van der Waals surface area contributed by atoms with Crippen molar-refractivity contribution >= 4 is 33.3 Å². The van der Waals surface area contributed by atoms with Crippen molar-refractivity contribution in [3.8, 4) is 0 Å². The summed E-state index contributed by atoms with van der Waals surface area (Å²) in [6, 6.07) is 5.07. The van der Waals surface area contributed by atoms with E-state index in [0.717, 1.165) is 5.56 Å². The van der Waals surface area contributed by atoms with Gasteiger partial charge < -0.3 is 10.4 Å². The number of hydrogen-bond acceptors (Lipinski definition) is 4. The van der Waals surface area contributed by atoms with Crippen molar-refractivity contribution in [2.45, 2.75) is 20.3 Å². The number of amides is 1. The molecule has 0 unspecified atom stereocenters. The van der Waals surface area contributed by atoms with E-state index in [9.17, 15) is 18.0 Å². The molecule has 0 saturated heterocycles. The molecule has 0 spiro atoms. The summed E-state index contributed by atoms with van der Waals surface area (Å²) < 4.78 is 24.8. The van der Waals surface area contributed by atoms with Gasteiger partial charge in [0.25, 0.3) is 0 Å². The van der Waals surface area contributed by atoms with Crippen LogP contribution in [0.15, 0.2) is 18.2 Å². The topological polar surface area (TPSA) is 104 Å². The van der Waals surface area contributed by atoms with Gasteiger partial charge in [-0.2, -0.15) is 0 Å². The van der Waals surface area contributed by atoms with Crippen molar-refractivity contribution in [2.75, 3.05) is 22.4 Å². The molecule has 7 nitrogen and oxygen atoms in total. The summed E-state index contributed by atoms with van der Waals surface area (Å²) in [5.74, 6) is -2.51. The number of benzene rings is 1. The van der Waals surface area contributed by atoms with Gasteiger partial charge >= 0.3 is 5.97 Å². The summed E-state index contributed by atoms with van der Waals surface area (Å²) in [6.07, 6.45) is 1.75. The number of aliphatic carboxylic acids is 1. The van der Waals surface area contributed by atoms with E-state index < -0.39 is 33.2 Å². The Morgan fingerprint density at radius 1 is 1.29 bits per heavy atom. The smallest absolute Gasteiger partial charge is 0.307 e. The Kier molecular flexibility index (Phi) is 3.63. The van der Waals surface area contributed by atoms with E-state index in [1.807, 2.05) is 0 Å². The average Bonchev–Trinajstić information content (AvgIpc) is 2.82. The van der Waals surface area contributed by atoms with Gasteiger partial charge in [0.2, 0.25) is 15.9 Å². The molecule has 2 atom stereocenters. The van der Waals surface area contributed by atoms with Gasteiger partial charge in [0.1, 0.15) is 0 Å². The minimum absolute atomic E-state index is 0.315. The molecule has 1 aliphatic heterocycles. The SMILES string of the molecule is CC1(C)[C@H](C(=O)Nc2ccc3c(c2)CCN3S(C)(=O)=O)[C@@H]1C(=O)O. The Morgan fingerprint density at radius 2 is 1.96 bits per heavy atom. The van der Waals surface area contributed by atoms with Crippen molar-refractivity contribution in [1.82, 2.24) is 0 Å². The summed E-state index contributed by atoms with van der Waals surface area (Å²) in [5.41, 5.74) is 1.48. The minimum atomic E-state index is -3.31. The molecule has 2 N–H and O–H groups in total. The number of carboxylic acids is 1. The van der Waals surface area contributed by atoms with Crippen molar-refractivity contribution in [3.63, 3.8) is 0 Å². The third-order valence-electron chi connectivity index (χ3n) is 4.98. The van der Waals surface area contributed by atoms with Crippen LogP contribution in [0.4, 0.5) is 11.4 Å². The number of anilines is 2. The van der Waals surface area contributed by atoms with Gasteiger partial charge in [-0.15, -0.1) is 0 Å². The molecule has 1 heterocycles. The first-order chi connectivity index (χ1) is 11.0. The molecule has 1 saturated carbocycles. The van der Waals surface area contributed by atoms with Gasteiger partial charge in [0, 0.05) is 12.2 Å². The van der Waals surface area contributed by atoms with Crippen LogP contribution in [0, 0.1) is 17.3 Å². The van der Waals surface area contributed by atoms with Gasteiger partial charge in [0.05, 0.1) is 23.8 Å². The Labute approximate surface area is 140 Å². The zero-order valence-corrected chi connectivity index (χ0v) is 14.6. The molecule has 0 aromatic heterocycles. The second-order valence-electron chi connectivity index (χ2n) is 7.03. The minimum Gasteiger partial charge on any atom is -0.481 e. The first kappa shape index (κ1) is 16.8. The first-order valence-corrected chi connectivity index (χ1v) is 9.52. The Hall–Kier alpha value is -2.09. The maximum absolute atomic E-state index is 12.3. The molecular formula is C16H20N2O5S. The molecule has 1 aliphatic carbocycles. The van der Waals surface area contributed by atoms with Crippen molar-refractivity contribution in [3.05, 3.63) is 23.8 Å². The molecule has 1 amide bonds. The molecule has 3 rings (SSSR count). The number of fused-ring (bicyclic) bond motifs is 1. The van der Waals surface area contributed by atoms with E-state index in [1.165, 1.54) is 10.6 Å². The summed E-state index contributed by atoms with van der Waals surface area (Å²) in [6.45, 7) is 3.92. The van der Waals surface area contributed by atoms with Gasteiger partial charge in [-0.3, -0.25) is 13.9 Å². The van der Waals surface area contributed by atoms with Gasteiger partial charge in [0.15, 0.2) is 0 Å². The van der Waals surface area contributed by atoms with Crippen molar-refractivity contribution in [2.24, 2.45) is 17.3 Å². The van der Waals surface area contributed by atoms with Gasteiger partial charge in [-0.05, 0) is 35.6 Å². The number of rotatable bonds is 4. The number of carboxylic acid groups (broad SMARTS) is 1. The zero-order chi connectivity index (χ0) is 17.9. The van der Waals surface area contributed by atoms with E-state index >= 15 is 0 Å². The lowest BCUT2D eigenvalue weighted by Crippen LogP contribution is -2.27. The third kappa shape index (κ3) is 2.64. The summed E-state index contributed by atoms with van der Waals surface area (Å²) in [4.78, 5) is 23.5. The predicted octanol–water partition coefficient (Wildman–Crippen LogP) is 1.30. The molecule has 130 valence electrons. The van der Waals surface area contributed by atoms with Crippen LogP contribution in [0.2, 0.25) is 0 Å². The lowest BCUT2D eigenvalue weighted by atomic mass is 10.1. The summed E-state index contributed by atoms with van der Waals surface area (Å²) in [5, 5.41) is 11.9. The highest BCUT2D eigenvalue weighted by molar-refractivity contribution is 7.92. The van der Waals surface area contributed by atoms with E-state index in [1.54, 1.807) is 32.0 Å². The number of sulfonamides is 1. The Bertz CT molecular complexity index is 831. The fourth-order valence-electron chi connectivity index (χ4n) is 3.60. The maximum Gasteiger partial charge on any atom is 0.307 e. The van der Waals surface area contributed by atoms with Gasteiger partial charge in [-0.25, -0.2) is 8.42 Å². The molecule has 1 aromatic rings. The van der Waals surface area contributed by atoms with Crippen LogP contribution in [-0.4, -0.2) is 38.2 Å². The van der Waals surface area contributed by atoms with Crippen LogP contribution < -0.4 is 9.62 Å². The molecule has 0 radical (unpaired) electrons. The molecule has 0 bridgehead atoms. The second-order valence-corrected chi connectivity index (χ2v) is 8.94. The fraction of sp³-hybridized carbons (Fsp3) is 0.500. The Balaban J connectivity index is 1.77. The summed E-state index contributed by atoms with van der Waals surface area (Å²) >= 11 is 0. The highest BCUT2D eigenvalue weighted by Gasteiger charge is 2.65. The molecule has 1 aromatic carbocycles. The van der Waals surface area contributed by atoms with E-state index in [0.29, 0.717) is 24.3 Å². The zero-order valence-electron chi connectivity index (χ0n) is 13.7. The number of carbonyl (C=O) groups is 2. The highest BCUT2D eigenvalue weighted by atomic mass is 32.2. The maximum atomic E-state index is 12.3. The fourth-order valence-corrected chi connectivity index (χ4v) is 4.56. The van der Waals surface area contributed by atoms with Crippen LogP contribution in [-0.2, 0) is 26.0 Å². The third-order valence-corrected chi connectivity index (χ3v) is 6.16.